The lowest BCUT2D eigenvalue weighted by Crippen LogP contribution is -2.26. The van der Waals surface area contributed by atoms with Crippen molar-refractivity contribution in [3.63, 3.8) is 0 Å². The monoisotopic (exact) mass is 453 g/mol. The zero-order valence-corrected chi connectivity index (χ0v) is 17.0. The minimum absolute atomic E-state index is 0.554. The first-order valence-electron chi connectivity index (χ1n) is 9.96. The Labute approximate surface area is 163 Å². The predicted octanol–water partition coefficient (Wildman–Crippen LogP) is 6.21. The van der Waals surface area contributed by atoms with Crippen LogP contribution in [-0.2, 0) is 0 Å². The van der Waals surface area contributed by atoms with Gasteiger partial charge < -0.3 is 5.32 Å². The molecule has 0 saturated heterocycles. The van der Waals surface area contributed by atoms with E-state index in [4.69, 9.17) is 4.63 Å². The molecule has 1 N–H and O–H groups in total. The molecule has 0 spiro atoms. The molecule has 2 aromatic rings. The minimum atomic E-state index is 0.554. The summed E-state index contributed by atoms with van der Waals surface area (Å²) in [5, 5.41) is 12.1. The molecular formula is C20H28IN3O. The number of aromatic nitrogens is 2. The molecule has 1 aromatic heterocycles. The van der Waals surface area contributed by atoms with Crippen LogP contribution < -0.4 is 5.32 Å². The van der Waals surface area contributed by atoms with Gasteiger partial charge in [0.1, 0.15) is 5.52 Å². The van der Waals surface area contributed by atoms with Gasteiger partial charge >= 0.3 is 0 Å². The zero-order valence-electron chi connectivity index (χ0n) is 14.8. The summed E-state index contributed by atoms with van der Waals surface area (Å²) in [4.78, 5) is 0. The Morgan fingerprint density at radius 2 is 1.60 bits per heavy atom. The van der Waals surface area contributed by atoms with Crippen molar-refractivity contribution >= 4 is 39.3 Å². The molecule has 0 radical (unpaired) electrons. The van der Waals surface area contributed by atoms with Crippen LogP contribution in [0, 0.1) is 0 Å². The van der Waals surface area contributed by atoms with Crippen LogP contribution in [0.1, 0.15) is 82.1 Å². The van der Waals surface area contributed by atoms with E-state index in [9.17, 15) is 0 Å². The van der Waals surface area contributed by atoms with Crippen molar-refractivity contribution in [2.45, 2.75) is 86.5 Å². The summed E-state index contributed by atoms with van der Waals surface area (Å²) >= 11 is 2.59. The van der Waals surface area contributed by atoms with Gasteiger partial charge in [0.15, 0.2) is 5.52 Å². The van der Waals surface area contributed by atoms with Crippen LogP contribution in [0.4, 0.5) is 5.69 Å². The average Bonchev–Trinajstić information content (AvgIpc) is 3.05. The second kappa shape index (κ2) is 8.23. The fourth-order valence-corrected chi connectivity index (χ4v) is 5.18. The van der Waals surface area contributed by atoms with Gasteiger partial charge in [-0.25, -0.2) is 4.63 Å². The van der Waals surface area contributed by atoms with Crippen LogP contribution in [0.25, 0.3) is 11.0 Å². The highest BCUT2D eigenvalue weighted by atomic mass is 127. The number of alkyl halides is 1. The van der Waals surface area contributed by atoms with Gasteiger partial charge in [-0.1, -0.05) is 54.7 Å². The zero-order chi connectivity index (χ0) is 17.1. The van der Waals surface area contributed by atoms with Gasteiger partial charge in [0.2, 0.25) is 0 Å². The molecule has 2 aliphatic carbocycles. The number of anilines is 1. The van der Waals surface area contributed by atoms with Crippen molar-refractivity contribution in [2.75, 3.05) is 5.32 Å². The van der Waals surface area contributed by atoms with Gasteiger partial charge in [-0.2, -0.15) is 0 Å². The molecule has 5 heteroatoms. The number of benzene rings is 1. The first kappa shape index (κ1) is 17.6. The van der Waals surface area contributed by atoms with Crippen LogP contribution in [0.15, 0.2) is 16.8 Å². The molecule has 0 atom stereocenters. The van der Waals surface area contributed by atoms with Crippen molar-refractivity contribution in [3.8, 4) is 0 Å². The van der Waals surface area contributed by atoms with E-state index >= 15 is 0 Å². The third kappa shape index (κ3) is 4.29. The molecule has 0 bridgehead atoms. The summed E-state index contributed by atoms with van der Waals surface area (Å²) in [7, 11) is 0. The predicted molar refractivity (Wildman–Crippen MR) is 111 cm³/mol. The quantitative estimate of drug-likeness (QED) is 0.444. The standard InChI is InChI=1S/C20H28IN3O/c21-16-8-10-17(11-9-16)22-18-12-15(13-19-20(18)24-25-23-19)14-6-4-2-1-3-5-7-14/h12-14,16-17,22H,1-11H2. The molecule has 2 fully saturated rings. The molecule has 0 unspecified atom stereocenters. The molecule has 0 amide bonds. The number of nitrogens with one attached hydrogen (secondary N) is 1. The SMILES string of the molecule is IC1CCC(Nc2cc(C3CCCCCCC3)cc3nonc23)CC1. The van der Waals surface area contributed by atoms with Crippen LogP contribution in [0.5, 0.6) is 0 Å². The van der Waals surface area contributed by atoms with E-state index in [-0.39, 0.29) is 0 Å². The van der Waals surface area contributed by atoms with E-state index in [1.807, 2.05) is 0 Å². The maximum atomic E-state index is 5.06. The van der Waals surface area contributed by atoms with Crippen LogP contribution in [0.3, 0.4) is 0 Å². The fourth-order valence-electron chi connectivity index (χ4n) is 4.46. The summed E-state index contributed by atoms with van der Waals surface area (Å²) < 4.78 is 5.90. The summed E-state index contributed by atoms with van der Waals surface area (Å²) in [6.07, 6.45) is 14.6. The molecule has 136 valence electrons. The van der Waals surface area contributed by atoms with E-state index in [1.165, 1.54) is 76.2 Å². The van der Waals surface area contributed by atoms with E-state index in [1.54, 1.807) is 0 Å². The molecule has 25 heavy (non-hydrogen) atoms. The maximum absolute atomic E-state index is 5.06. The molecule has 2 aliphatic rings. The molecule has 1 heterocycles. The van der Waals surface area contributed by atoms with E-state index in [0.29, 0.717) is 12.0 Å². The highest BCUT2D eigenvalue weighted by Crippen LogP contribution is 2.36. The maximum Gasteiger partial charge on any atom is 0.158 e. The normalized spacial score (nSPS) is 26.3. The van der Waals surface area contributed by atoms with Crippen molar-refractivity contribution in [2.24, 2.45) is 0 Å². The second-order valence-electron chi connectivity index (χ2n) is 7.84. The Morgan fingerprint density at radius 1 is 0.880 bits per heavy atom. The number of nitrogens with zero attached hydrogens (tertiary/aromatic N) is 2. The van der Waals surface area contributed by atoms with Gasteiger partial charge in [-0.3, -0.25) is 0 Å². The lowest BCUT2D eigenvalue weighted by Gasteiger charge is -2.27. The van der Waals surface area contributed by atoms with Gasteiger partial charge in [-0.05, 0) is 72.5 Å². The third-order valence-electron chi connectivity index (χ3n) is 5.98. The molecule has 2 saturated carbocycles. The summed E-state index contributed by atoms with van der Waals surface area (Å²) in [5.74, 6) is 0.659. The van der Waals surface area contributed by atoms with Crippen LogP contribution in [-0.4, -0.2) is 20.3 Å². The Morgan fingerprint density at radius 3 is 2.36 bits per heavy atom. The number of rotatable bonds is 3. The molecule has 0 aliphatic heterocycles. The summed E-state index contributed by atoms with van der Waals surface area (Å²) in [6, 6.07) is 5.11. The third-order valence-corrected chi connectivity index (χ3v) is 7.22. The first-order valence-corrected chi connectivity index (χ1v) is 11.2. The molecule has 4 nitrogen and oxygen atoms in total. The summed E-state index contributed by atoms with van der Waals surface area (Å²) in [6.45, 7) is 0. The minimum Gasteiger partial charge on any atom is -0.380 e. The van der Waals surface area contributed by atoms with E-state index < -0.39 is 0 Å². The van der Waals surface area contributed by atoms with Gasteiger partial charge in [-0.15, -0.1) is 0 Å². The Hall–Kier alpha value is -0.850. The van der Waals surface area contributed by atoms with Gasteiger partial charge in [0.05, 0.1) is 5.69 Å². The second-order valence-corrected chi connectivity index (χ2v) is 9.60. The number of fused-ring (bicyclic) bond motifs is 1. The van der Waals surface area contributed by atoms with E-state index in [2.05, 4.69) is 50.4 Å². The number of halogens is 1. The summed E-state index contributed by atoms with van der Waals surface area (Å²) in [5.41, 5.74) is 4.36. The largest absolute Gasteiger partial charge is 0.380 e. The lowest BCUT2D eigenvalue weighted by atomic mass is 9.85. The fraction of sp³-hybridized carbons (Fsp3) is 0.700. The Balaban J connectivity index is 1.58. The van der Waals surface area contributed by atoms with Crippen LogP contribution in [0.2, 0.25) is 0 Å². The smallest absolute Gasteiger partial charge is 0.158 e. The van der Waals surface area contributed by atoms with Gasteiger partial charge in [0, 0.05) is 9.97 Å². The number of hydrogen-bond acceptors (Lipinski definition) is 4. The van der Waals surface area contributed by atoms with E-state index in [0.717, 1.165) is 20.6 Å². The molecule has 1 aromatic carbocycles. The first-order chi connectivity index (χ1) is 12.3. The Bertz CT molecular complexity index is 685. The van der Waals surface area contributed by atoms with Crippen molar-refractivity contribution in [1.29, 1.82) is 0 Å². The highest BCUT2D eigenvalue weighted by Gasteiger charge is 2.22. The van der Waals surface area contributed by atoms with Crippen molar-refractivity contribution in [3.05, 3.63) is 17.7 Å². The molecule has 4 rings (SSSR count). The number of hydrogen-bond donors (Lipinski definition) is 1. The van der Waals surface area contributed by atoms with Crippen molar-refractivity contribution < 1.29 is 4.63 Å². The Kier molecular flexibility index (Phi) is 5.78. The van der Waals surface area contributed by atoms with Gasteiger partial charge in [0.25, 0.3) is 0 Å². The average molecular weight is 453 g/mol. The lowest BCUT2D eigenvalue weighted by molar-refractivity contribution is 0.315. The molecular weight excluding hydrogens is 425 g/mol. The highest BCUT2D eigenvalue weighted by molar-refractivity contribution is 14.1. The topological polar surface area (TPSA) is 51.0 Å². The van der Waals surface area contributed by atoms with Crippen LogP contribution >= 0.6 is 22.6 Å². The van der Waals surface area contributed by atoms with Crippen molar-refractivity contribution in [1.82, 2.24) is 10.3 Å².